The van der Waals surface area contributed by atoms with Crippen molar-refractivity contribution < 1.29 is 13.2 Å². The number of rotatable bonds is 7. The SMILES string of the molecule is CC(C)(CCN)CCCN1CCN(CC(F)(F)F)CC1. The Hall–Kier alpha value is -0.330. The van der Waals surface area contributed by atoms with Crippen LogP contribution in [-0.2, 0) is 0 Å². The zero-order chi connectivity index (χ0) is 15.2. The van der Waals surface area contributed by atoms with E-state index in [9.17, 15) is 13.2 Å². The van der Waals surface area contributed by atoms with Crippen molar-refractivity contribution in [1.29, 1.82) is 0 Å². The highest BCUT2D eigenvalue weighted by molar-refractivity contribution is 4.75. The van der Waals surface area contributed by atoms with E-state index in [0.717, 1.165) is 38.9 Å². The van der Waals surface area contributed by atoms with Gasteiger partial charge in [-0.25, -0.2) is 0 Å². The second-order valence-electron chi connectivity index (χ2n) is 6.54. The largest absolute Gasteiger partial charge is 0.401 e. The molecular weight excluding hydrogens is 267 g/mol. The quantitative estimate of drug-likeness (QED) is 0.782. The zero-order valence-electron chi connectivity index (χ0n) is 12.7. The van der Waals surface area contributed by atoms with E-state index in [4.69, 9.17) is 5.73 Å². The van der Waals surface area contributed by atoms with Gasteiger partial charge in [0.1, 0.15) is 0 Å². The molecule has 0 aromatic carbocycles. The number of hydrogen-bond donors (Lipinski definition) is 1. The summed E-state index contributed by atoms with van der Waals surface area (Å²) in [6.45, 7) is 7.89. The maximum absolute atomic E-state index is 12.3. The summed E-state index contributed by atoms with van der Waals surface area (Å²) >= 11 is 0. The van der Waals surface area contributed by atoms with E-state index < -0.39 is 12.7 Å². The minimum absolute atomic E-state index is 0.271. The average Bonchev–Trinajstić information content (AvgIpc) is 2.29. The highest BCUT2D eigenvalue weighted by Crippen LogP contribution is 2.26. The third-order valence-corrected chi connectivity index (χ3v) is 4.02. The lowest BCUT2D eigenvalue weighted by Crippen LogP contribution is -2.49. The Labute approximate surface area is 120 Å². The summed E-state index contributed by atoms with van der Waals surface area (Å²) in [6, 6.07) is 0. The van der Waals surface area contributed by atoms with Crippen molar-refractivity contribution >= 4 is 0 Å². The monoisotopic (exact) mass is 295 g/mol. The molecule has 1 aliphatic heterocycles. The van der Waals surface area contributed by atoms with Crippen LogP contribution in [-0.4, -0.2) is 61.8 Å². The summed E-state index contributed by atoms with van der Waals surface area (Å²) in [5, 5.41) is 0. The van der Waals surface area contributed by atoms with E-state index in [-0.39, 0.29) is 5.41 Å². The van der Waals surface area contributed by atoms with Crippen LogP contribution in [0.2, 0.25) is 0 Å². The van der Waals surface area contributed by atoms with E-state index in [2.05, 4.69) is 18.7 Å². The molecule has 0 unspecified atom stereocenters. The van der Waals surface area contributed by atoms with Crippen LogP contribution in [0.15, 0.2) is 0 Å². The molecule has 0 radical (unpaired) electrons. The number of halogens is 3. The molecule has 0 amide bonds. The van der Waals surface area contributed by atoms with Crippen molar-refractivity contribution in [2.24, 2.45) is 11.1 Å². The summed E-state index contributed by atoms with van der Waals surface area (Å²) in [7, 11) is 0. The van der Waals surface area contributed by atoms with Crippen LogP contribution < -0.4 is 5.73 Å². The predicted octanol–water partition coefficient (Wildman–Crippen LogP) is 2.32. The van der Waals surface area contributed by atoms with Crippen molar-refractivity contribution in [2.45, 2.75) is 39.3 Å². The van der Waals surface area contributed by atoms with Crippen molar-refractivity contribution in [3.05, 3.63) is 0 Å². The molecule has 3 nitrogen and oxygen atoms in total. The molecule has 1 heterocycles. The molecule has 1 fully saturated rings. The summed E-state index contributed by atoms with van der Waals surface area (Å²) < 4.78 is 36.8. The molecule has 1 aliphatic rings. The normalized spacial score (nSPS) is 19.5. The Morgan fingerprint density at radius 3 is 2.00 bits per heavy atom. The zero-order valence-corrected chi connectivity index (χ0v) is 12.7. The van der Waals surface area contributed by atoms with Crippen LogP contribution in [0.1, 0.15) is 33.1 Å². The molecule has 1 saturated heterocycles. The second-order valence-corrected chi connectivity index (χ2v) is 6.54. The van der Waals surface area contributed by atoms with Gasteiger partial charge in [-0.3, -0.25) is 4.90 Å². The highest BCUT2D eigenvalue weighted by atomic mass is 19.4. The van der Waals surface area contributed by atoms with Gasteiger partial charge in [0, 0.05) is 26.2 Å². The molecule has 0 aromatic rings. The Bertz CT molecular complexity index is 271. The van der Waals surface area contributed by atoms with Crippen molar-refractivity contribution in [3.8, 4) is 0 Å². The van der Waals surface area contributed by atoms with Crippen LogP contribution in [0.3, 0.4) is 0 Å². The third kappa shape index (κ3) is 7.45. The molecule has 0 aromatic heterocycles. The minimum atomic E-state index is -4.07. The lowest BCUT2D eigenvalue weighted by Gasteiger charge is -2.35. The number of alkyl halides is 3. The lowest BCUT2D eigenvalue weighted by atomic mass is 9.84. The fraction of sp³-hybridized carbons (Fsp3) is 1.00. The molecule has 0 bridgehead atoms. The molecule has 0 saturated carbocycles. The average molecular weight is 295 g/mol. The highest BCUT2D eigenvalue weighted by Gasteiger charge is 2.32. The van der Waals surface area contributed by atoms with E-state index in [1.54, 1.807) is 0 Å². The molecule has 0 spiro atoms. The van der Waals surface area contributed by atoms with Crippen LogP contribution in [0, 0.1) is 5.41 Å². The molecule has 0 atom stereocenters. The Balaban J connectivity index is 2.17. The molecular formula is C14H28F3N3. The summed E-state index contributed by atoms with van der Waals surface area (Å²) in [6.07, 6.45) is -0.847. The van der Waals surface area contributed by atoms with Crippen LogP contribution in [0.5, 0.6) is 0 Å². The van der Waals surface area contributed by atoms with Gasteiger partial charge in [-0.05, 0) is 37.8 Å². The molecule has 1 rings (SSSR count). The maximum atomic E-state index is 12.3. The standard InChI is InChI=1S/C14H28F3N3/c1-13(2,5-6-18)4-3-7-19-8-10-20(11-9-19)12-14(15,16)17/h3-12,18H2,1-2H3. The summed E-state index contributed by atoms with van der Waals surface area (Å²) in [5.74, 6) is 0. The smallest absolute Gasteiger partial charge is 0.330 e. The van der Waals surface area contributed by atoms with Gasteiger partial charge >= 0.3 is 6.18 Å². The molecule has 20 heavy (non-hydrogen) atoms. The number of nitrogens with two attached hydrogens (primary N) is 1. The topological polar surface area (TPSA) is 32.5 Å². The Kier molecular flexibility index (Phi) is 6.75. The van der Waals surface area contributed by atoms with Crippen LogP contribution >= 0.6 is 0 Å². The van der Waals surface area contributed by atoms with Gasteiger partial charge < -0.3 is 10.6 Å². The van der Waals surface area contributed by atoms with E-state index in [1.165, 1.54) is 4.90 Å². The summed E-state index contributed by atoms with van der Waals surface area (Å²) in [4.78, 5) is 3.76. The molecule has 6 heteroatoms. The predicted molar refractivity (Wildman–Crippen MR) is 75.6 cm³/mol. The van der Waals surface area contributed by atoms with Crippen LogP contribution in [0.25, 0.3) is 0 Å². The molecule has 120 valence electrons. The van der Waals surface area contributed by atoms with Crippen molar-refractivity contribution in [2.75, 3.05) is 45.8 Å². The van der Waals surface area contributed by atoms with Gasteiger partial charge in [-0.15, -0.1) is 0 Å². The van der Waals surface area contributed by atoms with Gasteiger partial charge in [0.15, 0.2) is 0 Å². The fourth-order valence-corrected chi connectivity index (χ4v) is 2.72. The maximum Gasteiger partial charge on any atom is 0.401 e. The van der Waals surface area contributed by atoms with Crippen molar-refractivity contribution in [3.63, 3.8) is 0 Å². The number of piperazine rings is 1. The Morgan fingerprint density at radius 2 is 1.50 bits per heavy atom. The first-order chi connectivity index (χ1) is 9.22. The third-order valence-electron chi connectivity index (χ3n) is 4.02. The van der Waals surface area contributed by atoms with E-state index in [1.807, 2.05) is 0 Å². The first-order valence-corrected chi connectivity index (χ1v) is 7.43. The molecule has 0 aliphatic carbocycles. The van der Waals surface area contributed by atoms with Gasteiger partial charge in [0.2, 0.25) is 0 Å². The number of nitrogens with zero attached hydrogens (tertiary/aromatic N) is 2. The number of hydrogen-bond acceptors (Lipinski definition) is 3. The fourth-order valence-electron chi connectivity index (χ4n) is 2.72. The first kappa shape index (κ1) is 17.7. The van der Waals surface area contributed by atoms with Crippen molar-refractivity contribution in [1.82, 2.24) is 9.80 Å². The molecule has 2 N–H and O–H groups in total. The summed E-state index contributed by atoms with van der Waals surface area (Å²) in [5.41, 5.74) is 5.86. The van der Waals surface area contributed by atoms with E-state index >= 15 is 0 Å². The van der Waals surface area contributed by atoms with Gasteiger partial charge in [0.25, 0.3) is 0 Å². The lowest BCUT2D eigenvalue weighted by molar-refractivity contribution is -0.149. The van der Waals surface area contributed by atoms with E-state index in [0.29, 0.717) is 19.6 Å². The second kappa shape index (κ2) is 7.61. The minimum Gasteiger partial charge on any atom is -0.330 e. The van der Waals surface area contributed by atoms with Crippen LogP contribution in [0.4, 0.5) is 13.2 Å². The van der Waals surface area contributed by atoms with Gasteiger partial charge in [-0.2, -0.15) is 13.2 Å². The Morgan fingerprint density at radius 1 is 0.950 bits per heavy atom. The van der Waals surface area contributed by atoms with Gasteiger partial charge in [-0.1, -0.05) is 13.8 Å². The first-order valence-electron chi connectivity index (χ1n) is 7.43. The van der Waals surface area contributed by atoms with Gasteiger partial charge in [0.05, 0.1) is 6.54 Å².